The van der Waals surface area contributed by atoms with Crippen molar-refractivity contribution in [1.82, 2.24) is 18.9 Å². The van der Waals surface area contributed by atoms with Crippen molar-refractivity contribution >= 4 is 0 Å². The Bertz CT molecular complexity index is 1870. The Hall–Kier alpha value is -5.16. The van der Waals surface area contributed by atoms with Crippen molar-refractivity contribution in [3.63, 3.8) is 0 Å². The summed E-state index contributed by atoms with van der Waals surface area (Å²) < 4.78 is 3.85. The summed E-state index contributed by atoms with van der Waals surface area (Å²) in [5.74, 6) is -0.399. The molecule has 0 saturated heterocycles. The summed E-state index contributed by atoms with van der Waals surface area (Å²) in [6.45, 7) is 8.67. The molecule has 2 N–H and O–H groups in total. The molecule has 2 aromatic carbocycles. The van der Waals surface area contributed by atoms with Gasteiger partial charge in [-0.05, 0) is 49.2 Å². The maximum absolute atomic E-state index is 11.6. The van der Waals surface area contributed by atoms with Gasteiger partial charge in [-0.25, -0.2) is 0 Å². The van der Waals surface area contributed by atoms with Crippen LogP contribution in [0.5, 0.6) is 11.5 Å². The van der Waals surface area contributed by atoms with Gasteiger partial charge in [0.05, 0.1) is 35.7 Å². The van der Waals surface area contributed by atoms with E-state index in [1.54, 1.807) is 6.07 Å². The second-order valence-electron chi connectivity index (χ2n) is 11.2. The normalized spacial score (nSPS) is 15.8. The molecular formula is C34H34N6O4. The number of aromatic hydroxyl groups is 2. The van der Waals surface area contributed by atoms with Crippen molar-refractivity contribution in [2.24, 2.45) is 0 Å². The highest BCUT2D eigenvalue weighted by Gasteiger charge is 2.23. The molecule has 4 heterocycles. The molecular weight excluding hydrogens is 556 g/mol. The van der Waals surface area contributed by atoms with Gasteiger partial charge in [-0.1, -0.05) is 24.3 Å². The molecule has 10 nitrogen and oxygen atoms in total. The highest BCUT2D eigenvalue weighted by molar-refractivity contribution is 5.35. The van der Waals surface area contributed by atoms with Gasteiger partial charge in [0, 0.05) is 74.9 Å². The Kier molecular flexibility index (Phi) is 8.96. The smallest absolute Gasteiger partial charge is 0.223 e. The van der Waals surface area contributed by atoms with Crippen molar-refractivity contribution in [3.8, 4) is 23.6 Å². The third-order valence-electron chi connectivity index (χ3n) is 8.50. The predicted octanol–water partition coefficient (Wildman–Crippen LogP) is 4.00. The van der Waals surface area contributed by atoms with Crippen LogP contribution in [-0.2, 0) is 26.2 Å². The first kappa shape index (κ1) is 30.3. The van der Waals surface area contributed by atoms with Crippen molar-refractivity contribution in [1.29, 1.82) is 10.5 Å². The van der Waals surface area contributed by atoms with Crippen LogP contribution in [0.3, 0.4) is 0 Å². The standard InChI is InChI=1S/2C17H17N3O2/c1-12(14-4-2-13(9-18)3-5-14)19-6-7-20-11-17(22)16(21)8-15(20)10-19;1-12(14-4-2-3-13(7-14)9-18)19-5-6-20-11-17(22)16(21)8-15(20)10-19/h2-5,8,11-12,22H,6-7,10H2,1H3;2-4,7-8,11-12,22H,5-6,10H2,1H3. The Labute approximate surface area is 255 Å². The van der Waals surface area contributed by atoms with Crippen LogP contribution in [0.1, 0.15) is 59.6 Å². The summed E-state index contributed by atoms with van der Waals surface area (Å²) in [4.78, 5) is 27.7. The van der Waals surface area contributed by atoms with Crippen LogP contribution in [0.4, 0.5) is 0 Å². The minimum atomic E-state index is -0.341. The number of aromatic nitrogens is 2. The lowest BCUT2D eigenvalue weighted by atomic mass is 10.0. The van der Waals surface area contributed by atoms with Crippen LogP contribution < -0.4 is 10.9 Å². The first-order chi connectivity index (χ1) is 21.2. The van der Waals surface area contributed by atoms with Gasteiger partial charge < -0.3 is 19.3 Å². The molecule has 44 heavy (non-hydrogen) atoms. The number of fused-ring (bicyclic) bond motifs is 2. The largest absolute Gasteiger partial charge is 0.503 e. The van der Waals surface area contributed by atoms with Crippen LogP contribution in [0.2, 0.25) is 0 Å². The lowest BCUT2D eigenvalue weighted by Gasteiger charge is -2.34. The summed E-state index contributed by atoms with van der Waals surface area (Å²) >= 11 is 0. The average Bonchev–Trinajstić information content (AvgIpc) is 3.05. The second-order valence-corrected chi connectivity index (χ2v) is 11.2. The first-order valence-corrected chi connectivity index (χ1v) is 14.5. The maximum atomic E-state index is 11.6. The zero-order valence-electron chi connectivity index (χ0n) is 24.7. The van der Waals surface area contributed by atoms with Gasteiger partial charge in [-0.15, -0.1) is 0 Å². The molecule has 0 radical (unpaired) electrons. The molecule has 0 fully saturated rings. The number of nitriles is 2. The van der Waals surface area contributed by atoms with E-state index >= 15 is 0 Å². The van der Waals surface area contributed by atoms with Gasteiger partial charge in [-0.2, -0.15) is 10.5 Å². The fourth-order valence-electron chi connectivity index (χ4n) is 5.73. The summed E-state index contributed by atoms with van der Waals surface area (Å²) in [5.41, 5.74) is 4.69. The fourth-order valence-corrected chi connectivity index (χ4v) is 5.73. The van der Waals surface area contributed by atoms with E-state index in [2.05, 4.69) is 35.8 Å². The zero-order valence-corrected chi connectivity index (χ0v) is 24.7. The Morgan fingerprint density at radius 2 is 1.16 bits per heavy atom. The fraction of sp³-hybridized carbons (Fsp3) is 0.294. The van der Waals surface area contributed by atoms with E-state index in [0.29, 0.717) is 24.2 Å². The lowest BCUT2D eigenvalue weighted by Crippen LogP contribution is -2.36. The monoisotopic (exact) mass is 590 g/mol. The molecule has 0 aliphatic carbocycles. The van der Waals surface area contributed by atoms with E-state index in [1.807, 2.05) is 51.6 Å². The van der Waals surface area contributed by atoms with Crippen molar-refractivity contribution in [2.45, 2.75) is 52.1 Å². The number of hydrogen-bond donors (Lipinski definition) is 2. The summed E-state index contributed by atoms with van der Waals surface area (Å²) in [6.07, 6.45) is 3.03. The van der Waals surface area contributed by atoms with Crippen molar-refractivity contribution < 1.29 is 10.2 Å². The minimum Gasteiger partial charge on any atom is -0.503 e. The van der Waals surface area contributed by atoms with Gasteiger partial charge in [0.2, 0.25) is 10.9 Å². The van der Waals surface area contributed by atoms with E-state index in [0.717, 1.165) is 48.7 Å². The van der Waals surface area contributed by atoms with E-state index in [1.165, 1.54) is 24.5 Å². The molecule has 6 rings (SSSR count). The topological polar surface area (TPSA) is 139 Å². The Morgan fingerprint density at radius 3 is 1.66 bits per heavy atom. The van der Waals surface area contributed by atoms with Gasteiger partial charge in [0.15, 0.2) is 11.5 Å². The molecule has 224 valence electrons. The third-order valence-corrected chi connectivity index (χ3v) is 8.50. The van der Waals surface area contributed by atoms with E-state index in [-0.39, 0.29) is 34.4 Å². The quantitative estimate of drug-likeness (QED) is 0.364. The molecule has 0 amide bonds. The number of rotatable bonds is 4. The Balaban J connectivity index is 0.000000175. The molecule has 0 spiro atoms. The van der Waals surface area contributed by atoms with Crippen LogP contribution in [0.25, 0.3) is 0 Å². The average molecular weight is 591 g/mol. The number of hydrogen-bond acceptors (Lipinski definition) is 8. The summed E-state index contributed by atoms with van der Waals surface area (Å²) in [7, 11) is 0. The highest BCUT2D eigenvalue weighted by Crippen LogP contribution is 2.27. The SMILES string of the molecule is CC(c1ccc(C#N)cc1)N1CCn2cc(O)c(=O)cc2C1.CC(c1cccc(C#N)c1)N1CCn2cc(O)c(=O)cc2C1. The molecule has 0 saturated carbocycles. The molecule has 2 atom stereocenters. The third kappa shape index (κ3) is 6.57. The molecule has 0 bridgehead atoms. The second kappa shape index (κ2) is 13.0. The number of benzene rings is 2. The van der Waals surface area contributed by atoms with Crippen molar-refractivity contribution in [3.05, 3.63) is 127 Å². The van der Waals surface area contributed by atoms with Crippen molar-refractivity contribution in [2.75, 3.05) is 13.1 Å². The number of pyridine rings is 2. The van der Waals surface area contributed by atoms with Gasteiger partial charge in [0.1, 0.15) is 0 Å². The Morgan fingerprint density at radius 1 is 0.659 bits per heavy atom. The van der Waals surface area contributed by atoms with Gasteiger partial charge in [0.25, 0.3) is 0 Å². The molecule has 2 aliphatic rings. The van der Waals surface area contributed by atoms with E-state index in [9.17, 15) is 19.8 Å². The lowest BCUT2D eigenvalue weighted by molar-refractivity contribution is 0.164. The number of nitrogens with zero attached hydrogens (tertiary/aromatic N) is 6. The van der Waals surface area contributed by atoms with Crippen LogP contribution in [0.15, 0.2) is 82.6 Å². The minimum absolute atomic E-state index is 0.158. The van der Waals surface area contributed by atoms with Crippen LogP contribution in [0, 0.1) is 22.7 Å². The highest BCUT2D eigenvalue weighted by atomic mass is 16.3. The van der Waals surface area contributed by atoms with Gasteiger partial charge >= 0.3 is 0 Å². The molecule has 2 unspecified atom stereocenters. The van der Waals surface area contributed by atoms with E-state index < -0.39 is 0 Å². The summed E-state index contributed by atoms with van der Waals surface area (Å²) in [5, 5.41) is 36.9. The summed E-state index contributed by atoms with van der Waals surface area (Å²) in [6, 6.07) is 22.9. The van der Waals surface area contributed by atoms with Crippen LogP contribution >= 0.6 is 0 Å². The zero-order chi connectivity index (χ0) is 31.4. The maximum Gasteiger partial charge on any atom is 0.223 e. The van der Waals surface area contributed by atoms with E-state index in [4.69, 9.17) is 10.5 Å². The molecule has 2 aliphatic heterocycles. The first-order valence-electron chi connectivity index (χ1n) is 14.5. The van der Waals surface area contributed by atoms with Crippen LogP contribution in [-0.4, -0.2) is 42.2 Å². The predicted molar refractivity (Wildman–Crippen MR) is 165 cm³/mol. The molecule has 10 heteroatoms. The molecule has 4 aromatic rings. The van der Waals surface area contributed by atoms with Gasteiger partial charge in [-0.3, -0.25) is 19.4 Å². The molecule has 2 aromatic heterocycles.